The second kappa shape index (κ2) is 9.49. The lowest BCUT2D eigenvalue weighted by atomic mass is 9.81. The molecule has 0 N–H and O–H groups in total. The Morgan fingerprint density at radius 1 is 0.812 bits per heavy atom. The Kier molecular flexibility index (Phi) is 6.30. The Hall–Kier alpha value is -2.60. The quantitative estimate of drug-likeness (QED) is 0.374. The van der Waals surface area contributed by atoms with E-state index >= 15 is 0 Å². The van der Waals surface area contributed by atoms with Crippen LogP contribution in [0.15, 0.2) is 66.7 Å². The van der Waals surface area contributed by atoms with Crippen LogP contribution >= 0.6 is 0 Å². The van der Waals surface area contributed by atoms with E-state index in [-0.39, 0.29) is 0 Å². The maximum Gasteiger partial charge on any atom is -0.00254 e. The molecule has 32 heavy (non-hydrogen) atoms. The summed E-state index contributed by atoms with van der Waals surface area (Å²) in [6.07, 6.45) is 14.7. The van der Waals surface area contributed by atoms with Crippen LogP contribution in [0, 0.1) is 5.92 Å². The Bertz CT molecular complexity index is 1090. The Morgan fingerprint density at radius 3 is 2.38 bits per heavy atom. The van der Waals surface area contributed by atoms with Gasteiger partial charge in [-0.3, -0.25) is 0 Å². The molecule has 0 heteroatoms. The minimum Gasteiger partial charge on any atom is -0.0795 e. The monoisotopic (exact) mass is 420 g/mol. The average molecular weight is 421 g/mol. The van der Waals surface area contributed by atoms with Crippen molar-refractivity contribution in [2.45, 2.75) is 71.1 Å². The van der Waals surface area contributed by atoms with Crippen molar-refractivity contribution in [1.82, 2.24) is 0 Å². The van der Waals surface area contributed by atoms with Crippen molar-refractivity contribution in [3.63, 3.8) is 0 Å². The molecular formula is C32H36. The fraction of sp³-hybridized carbons (Fsp3) is 0.375. The number of hydrogen-bond acceptors (Lipinski definition) is 0. The lowest BCUT2D eigenvalue weighted by molar-refractivity contribution is 0.443. The molecule has 5 rings (SSSR count). The summed E-state index contributed by atoms with van der Waals surface area (Å²) in [5.74, 6) is 1.43. The number of allylic oxidation sites excluding steroid dienone is 1. The van der Waals surface area contributed by atoms with E-state index in [9.17, 15) is 0 Å². The summed E-state index contributed by atoms with van der Waals surface area (Å²) in [5.41, 5.74) is 11.6. The summed E-state index contributed by atoms with van der Waals surface area (Å²) in [4.78, 5) is 0. The van der Waals surface area contributed by atoms with E-state index in [2.05, 4.69) is 86.7 Å². The first-order valence-corrected chi connectivity index (χ1v) is 12.7. The number of benzene rings is 3. The molecule has 0 spiro atoms. The summed E-state index contributed by atoms with van der Waals surface area (Å²) < 4.78 is 0. The van der Waals surface area contributed by atoms with Crippen molar-refractivity contribution >= 4 is 6.08 Å². The predicted octanol–water partition coefficient (Wildman–Crippen LogP) is 8.76. The third-order valence-corrected chi connectivity index (χ3v) is 7.30. The third kappa shape index (κ3) is 4.75. The van der Waals surface area contributed by atoms with Gasteiger partial charge in [-0.1, -0.05) is 106 Å². The van der Waals surface area contributed by atoms with Gasteiger partial charge in [0.1, 0.15) is 0 Å². The van der Waals surface area contributed by atoms with Crippen LogP contribution in [0.25, 0.3) is 17.2 Å². The molecule has 2 aliphatic rings. The van der Waals surface area contributed by atoms with Gasteiger partial charge in [0.05, 0.1) is 0 Å². The molecule has 2 aliphatic carbocycles. The highest BCUT2D eigenvalue weighted by Crippen LogP contribution is 2.38. The van der Waals surface area contributed by atoms with Crippen LogP contribution in [-0.4, -0.2) is 0 Å². The zero-order valence-electron chi connectivity index (χ0n) is 19.7. The molecule has 0 amide bonds. The van der Waals surface area contributed by atoms with Crippen molar-refractivity contribution in [1.29, 1.82) is 0 Å². The highest BCUT2D eigenvalue weighted by Gasteiger charge is 2.19. The maximum atomic E-state index is 2.51. The molecule has 0 aliphatic heterocycles. The van der Waals surface area contributed by atoms with Crippen molar-refractivity contribution in [3.05, 3.63) is 100 Å². The third-order valence-electron chi connectivity index (χ3n) is 7.30. The van der Waals surface area contributed by atoms with Gasteiger partial charge >= 0.3 is 0 Å². The lowest BCUT2D eigenvalue weighted by Gasteiger charge is -2.24. The van der Waals surface area contributed by atoms with Gasteiger partial charge in [-0.15, -0.1) is 0 Å². The van der Waals surface area contributed by atoms with Gasteiger partial charge in [0.2, 0.25) is 0 Å². The second-order valence-electron chi connectivity index (χ2n) is 10.4. The molecule has 3 aromatic carbocycles. The smallest absolute Gasteiger partial charge is 0.00254 e. The molecule has 0 atom stereocenters. The molecular weight excluding hydrogens is 384 g/mol. The van der Waals surface area contributed by atoms with Crippen LogP contribution < -0.4 is 0 Å². The molecule has 164 valence electrons. The molecule has 0 aromatic heterocycles. The van der Waals surface area contributed by atoms with Crippen LogP contribution in [0.2, 0.25) is 0 Å². The van der Waals surface area contributed by atoms with Gasteiger partial charge in [-0.25, -0.2) is 0 Å². The first-order valence-electron chi connectivity index (χ1n) is 12.7. The van der Waals surface area contributed by atoms with Crippen LogP contribution in [0.3, 0.4) is 0 Å². The number of hydrogen-bond donors (Lipinski definition) is 0. The van der Waals surface area contributed by atoms with Crippen LogP contribution in [-0.2, 0) is 19.3 Å². The van der Waals surface area contributed by atoms with Crippen LogP contribution in [0.1, 0.15) is 85.3 Å². The Labute approximate surface area is 194 Å². The van der Waals surface area contributed by atoms with Gasteiger partial charge in [0, 0.05) is 0 Å². The van der Waals surface area contributed by atoms with Gasteiger partial charge in [-0.05, 0) is 88.4 Å². The van der Waals surface area contributed by atoms with Crippen LogP contribution in [0.5, 0.6) is 0 Å². The van der Waals surface area contributed by atoms with Crippen molar-refractivity contribution in [3.8, 4) is 11.1 Å². The van der Waals surface area contributed by atoms with E-state index in [0.717, 1.165) is 25.2 Å². The van der Waals surface area contributed by atoms with Gasteiger partial charge in [0.15, 0.2) is 0 Å². The molecule has 0 saturated heterocycles. The van der Waals surface area contributed by atoms with E-state index in [1.807, 2.05) is 0 Å². The van der Waals surface area contributed by atoms with E-state index in [4.69, 9.17) is 0 Å². The van der Waals surface area contributed by atoms with Gasteiger partial charge in [-0.2, -0.15) is 0 Å². The minimum absolute atomic E-state index is 0.706. The molecule has 1 saturated carbocycles. The molecule has 0 bridgehead atoms. The minimum atomic E-state index is 0.706. The maximum absolute atomic E-state index is 2.51. The normalized spacial score (nSPS) is 16.0. The zero-order chi connectivity index (χ0) is 21.9. The summed E-state index contributed by atoms with van der Waals surface area (Å²) in [7, 11) is 0. The van der Waals surface area contributed by atoms with Gasteiger partial charge in [0.25, 0.3) is 0 Å². The standard InChI is InChI=1S/C32H36/c1-23(2)18-24-14-16-25(17-15-24)19-26-20-29(27-8-4-3-5-9-27)22-30(21-26)32-13-7-11-28-10-6-12-31(28)32/h6-7,11-17,20-23,27H,3-5,8-10,18-19H2,1-2H3. The van der Waals surface area contributed by atoms with Crippen molar-refractivity contribution < 1.29 is 0 Å². The lowest BCUT2D eigenvalue weighted by Crippen LogP contribution is -2.06. The molecule has 0 unspecified atom stereocenters. The molecule has 0 nitrogen and oxygen atoms in total. The zero-order valence-corrected chi connectivity index (χ0v) is 19.7. The van der Waals surface area contributed by atoms with E-state index < -0.39 is 0 Å². The average Bonchev–Trinajstić information content (AvgIpc) is 3.29. The molecule has 1 fully saturated rings. The summed E-state index contributed by atoms with van der Waals surface area (Å²) in [6.45, 7) is 4.59. The summed E-state index contributed by atoms with van der Waals surface area (Å²) in [6, 6.07) is 23.7. The largest absolute Gasteiger partial charge is 0.0795 e. The van der Waals surface area contributed by atoms with Crippen molar-refractivity contribution in [2.24, 2.45) is 5.92 Å². The van der Waals surface area contributed by atoms with E-state index in [1.165, 1.54) is 71.0 Å². The highest BCUT2D eigenvalue weighted by molar-refractivity contribution is 5.80. The Balaban J connectivity index is 1.50. The van der Waals surface area contributed by atoms with E-state index in [0.29, 0.717) is 5.92 Å². The summed E-state index contributed by atoms with van der Waals surface area (Å²) in [5, 5.41) is 0. The topological polar surface area (TPSA) is 0 Å². The second-order valence-corrected chi connectivity index (χ2v) is 10.4. The highest BCUT2D eigenvalue weighted by atomic mass is 14.2. The Morgan fingerprint density at radius 2 is 1.59 bits per heavy atom. The fourth-order valence-corrected chi connectivity index (χ4v) is 5.69. The first kappa shape index (κ1) is 21.3. The van der Waals surface area contributed by atoms with Gasteiger partial charge < -0.3 is 0 Å². The number of rotatable bonds is 6. The number of fused-ring (bicyclic) bond motifs is 1. The first-order chi connectivity index (χ1) is 15.7. The van der Waals surface area contributed by atoms with Crippen LogP contribution in [0.4, 0.5) is 0 Å². The van der Waals surface area contributed by atoms with Crippen molar-refractivity contribution in [2.75, 3.05) is 0 Å². The SMILES string of the molecule is CC(C)Cc1ccc(Cc2cc(-c3cccc4c3C=CC4)cc(C3CCCCC3)c2)cc1. The predicted molar refractivity (Wildman–Crippen MR) is 138 cm³/mol. The fourth-order valence-electron chi connectivity index (χ4n) is 5.69. The molecule has 3 aromatic rings. The van der Waals surface area contributed by atoms with E-state index in [1.54, 1.807) is 5.56 Å². The molecule has 0 heterocycles. The molecule has 0 radical (unpaired) electrons. The summed E-state index contributed by atoms with van der Waals surface area (Å²) >= 11 is 0.